The number of hydrogen-bond acceptors (Lipinski definition) is 3. The van der Waals surface area contributed by atoms with Gasteiger partial charge in [-0.05, 0) is 30.0 Å². The second-order valence-corrected chi connectivity index (χ2v) is 4.97. The number of nitrogens with two attached hydrogens (primary N) is 1. The molecule has 0 bridgehead atoms. The van der Waals surface area contributed by atoms with E-state index >= 15 is 0 Å². The summed E-state index contributed by atoms with van der Waals surface area (Å²) in [4.78, 5) is -0.0862. The zero-order chi connectivity index (χ0) is 11.6. The first-order chi connectivity index (χ1) is 6.86. The van der Waals surface area contributed by atoms with Gasteiger partial charge < -0.3 is 5.73 Å². The number of benzene rings is 1. The fourth-order valence-corrected chi connectivity index (χ4v) is 2.25. The van der Waals surface area contributed by atoms with E-state index in [4.69, 9.17) is 10.3 Å². The van der Waals surface area contributed by atoms with Gasteiger partial charge in [0.15, 0.2) is 0 Å². The van der Waals surface area contributed by atoms with Gasteiger partial charge in [-0.1, -0.05) is 19.9 Å². The summed E-state index contributed by atoms with van der Waals surface area (Å²) in [5, 5.41) is 0. The maximum atomic E-state index is 11.1. The van der Waals surface area contributed by atoms with Gasteiger partial charge in [0.1, 0.15) is 0 Å². The Kier molecular flexibility index (Phi) is 6.00. The molecule has 0 amide bonds. The van der Waals surface area contributed by atoms with Crippen LogP contribution in [0.1, 0.15) is 31.7 Å². The molecule has 3 N–H and O–H groups in total. The van der Waals surface area contributed by atoms with Crippen molar-refractivity contribution in [3.63, 3.8) is 0 Å². The zero-order valence-corrected chi connectivity index (χ0v) is 9.58. The van der Waals surface area contributed by atoms with Gasteiger partial charge in [-0.3, -0.25) is 4.55 Å². The number of nitrogen functional groups attached to an aromatic ring is 1. The first-order valence-corrected chi connectivity index (χ1v) is 6.17. The van der Waals surface area contributed by atoms with Crippen LogP contribution in [0.3, 0.4) is 0 Å². The van der Waals surface area contributed by atoms with Crippen molar-refractivity contribution in [1.82, 2.24) is 0 Å². The van der Waals surface area contributed by atoms with Crippen LogP contribution in [-0.2, 0) is 10.1 Å². The molecule has 0 aliphatic carbocycles. The van der Waals surface area contributed by atoms with Gasteiger partial charge in [0, 0.05) is 5.69 Å². The standard InChI is InChI=1S/C10H15NO3S.Na.H/c1-3-7(2)9-5-4-8(11)6-10(9)15(12,13)14;;/h4-7H,3,11H2,1-2H3,(H,12,13,14);;. The maximum absolute atomic E-state index is 11.1. The van der Waals surface area contributed by atoms with Crippen molar-refractivity contribution < 1.29 is 13.0 Å². The summed E-state index contributed by atoms with van der Waals surface area (Å²) < 4.78 is 31.3. The van der Waals surface area contributed by atoms with E-state index in [1.807, 2.05) is 13.8 Å². The first-order valence-electron chi connectivity index (χ1n) is 4.73. The Morgan fingerprint density at radius 2 is 2.00 bits per heavy atom. The Bertz CT molecular complexity index is 459. The van der Waals surface area contributed by atoms with E-state index < -0.39 is 10.1 Å². The molecule has 0 heterocycles. The molecule has 0 saturated carbocycles. The summed E-state index contributed by atoms with van der Waals surface area (Å²) >= 11 is 0. The second kappa shape index (κ2) is 6.02. The van der Waals surface area contributed by atoms with Crippen LogP contribution in [0.4, 0.5) is 5.69 Å². The molecule has 4 nitrogen and oxygen atoms in total. The molecule has 86 valence electrons. The van der Waals surface area contributed by atoms with Crippen molar-refractivity contribution in [2.24, 2.45) is 0 Å². The predicted octanol–water partition coefficient (Wildman–Crippen LogP) is 1.38. The Morgan fingerprint density at radius 1 is 1.44 bits per heavy atom. The first kappa shape index (κ1) is 15.9. The molecule has 0 fully saturated rings. The fraction of sp³-hybridized carbons (Fsp3) is 0.400. The van der Waals surface area contributed by atoms with Gasteiger partial charge >= 0.3 is 29.6 Å². The molecule has 1 rings (SSSR count). The van der Waals surface area contributed by atoms with Gasteiger partial charge in [-0.15, -0.1) is 0 Å². The molecule has 0 aliphatic heterocycles. The van der Waals surface area contributed by atoms with E-state index in [1.54, 1.807) is 12.1 Å². The Morgan fingerprint density at radius 3 is 2.44 bits per heavy atom. The predicted molar refractivity (Wildman–Crippen MR) is 66.5 cm³/mol. The molecule has 1 aromatic carbocycles. The van der Waals surface area contributed by atoms with Crippen LogP contribution in [0.2, 0.25) is 0 Å². The van der Waals surface area contributed by atoms with Gasteiger partial charge in [0.2, 0.25) is 0 Å². The van der Waals surface area contributed by atoms with Crippen molar-refractivity contribution in [1.29, 1.82) is 0 Å². The molecule has 0 spiro atoms. The Balaban J connectivity index is 0.00000225. The molecule has 0 aliphatic rings. The van der Waals surface area contributed by atoms with Crippen molar-refractivity contribution in [2.75, 3.05) is 5.73 Å². The van der Waals surface area contributed by atoms with Crippen LogP contribution in [0.25, 0.3) is 0 Å². The molecule has 16 heavy (non-hydrogen) atoms. The molecule has 1 aromatic rings. The van der Waals surface area contributed by atoms with Crippen LogP contribution < -0.4 is 5.73 Å². The molecular weight excluding hydrogens is 237 g/mol. The minimum atomic E-state index is -4.19. The van der Waals surface area contributed by atoms with E-state index in [0.717, 1.165) is 6.42 Å². The van der Waals surface area contributed by atoms with Gasteiger partial charge in [-0.25, -0.2) is 0 Å². The van der Waals surface area contributed by atoms with Crippen molar-refractivity contribution in [2.45, 2.75) is 31.1 Å². The molecule has 0 radical (unpaired) electrons. The molecular formula is C10H16NNaO3S. The van der Waals surface area contributed by atoms with Crippen LogP contribution in [0, 0.1) is 0 Å². The van der Waals surface area contributed by atoms with Crippen LogP contribution in [-0.4, -0.2) is 42.5 Å². The number of anilines is 1. The third kappa shape index (κ3) is 3.75. The molecule has 0 saturated heterocycles. The monoisotopic (exact) mass is 253 g/mol. The van der Waals surface area contributed by atoms with E-state index in [1.165, 1.54) is 6.07 Å². The zero-order valence-electron chi connectivity index (χ0n) is 8.77. The van der Waals surface area contributed by atoms with Crippen molar-refractivity contribution >= 4 is 45.4 Å². The summed E-state index contributed by atoms with van der Waals surface area (Å²) in [6, 6.07) is 4.57. The SMILES string of the molecule is CCC(C)c1ccc(N)cc1S(=O)(=O)O.[NaH]. The van der Waals surface area contributed by atoms with Crippen LogP contribution in [0.15, 0.2) is 23.1 Å². The van der Waals surface area contributed by atoms with E-state index in [9.17, 15) is 8.42 Å². The fourth-order valence-electron chi connectivity index (χ4n) is 1.40. The summed E-state index contributed by atoms with van der Waals surface area (Å²) in [7, 11) is -4.19. The number of hydrogen-bond donors (Lipinski definition) is 2. The van der Waals surface area contributed by atoms with Gasteiger partial charge in [0.05, 0.1) is 4.90 Å². The molecule has 1 unspecified atom stereocenters. The van der Waals surface area contributed by atoms with Crippen LogP contribution >= 0.6 is 0 Å². The second-order valence-electron chi connectivity index (χ2n) is 3.58. The third-order valence-electron chi connectivity index (χ3n) is 2.46. The quantitative estimate of drug-likeness (QED) is 0.484. The topological polar surface area (TPSA) is 80.4 Å². The van der Waals surface area contributed by atoms with Gasteiger partial charge in [0.25, 0.3) is 10.1 Å². The average Bonchev–Trinajstić information content (AvgIpc) is 2.15. The van der Waals surface area contributed by atoms with E-state index in [-0.39, 0.29) is 40.4 Å². The summed E-state index contributed by atoms with van der Waals surface area (Å²) in [6.45, 7) is 3.86. The third-order valence-corrected chi connectivity index (χ3v) is 3.37. The summed E-state index contributed by atoms with van der Waals surface area (Å²) in [5.74, 6) is 0.0718. The van der Waals surface area contributed by atoms with E-state index in [2.05, 4.69) is 0 Å². The van der Waals surface area contributed by atoms with E-state index in [0.29, 0.717) is 11.3 Å². The Labute approximate surface area is 118 Å². The minimum absolute atomic E-state index is 0. The van der Waals surface area contributed by atoms with Gasteiger partial charge in [-0.2, -0.15) is 8.42 Å². The molecule has 0 aromatic heterocycles. The Hall–Kier alpha value is -0.0700. The summed E-state index contributed by atoms with van der Waals surface area (Å²) in [6.07, 6.45) is 0.798. The average molecular weight is 253 g/mol. The number of rotatable bonds is 3. The normalized spacial score (nSPS) is 12.9. The van der Waals surface area contributed by atoms with Crippen molar-refractivity contribution in [3.05, 3.63) is 23.8 Å². The summed E-state index contributed by atoms with van der Waals surface area (Å²) in [5.41, 5.74) is 6.42. The van der Waals surface area contributed by atoms with Crippen molar-refractivity contribution in [3.8, 4) is 0 Å². The molecule has 6 heteroatoms. The molecule has 1 atom stereocenters. The van der Waals surface area contributed by atoms with Crippen LogP contribution in [0.5, 0.6) is 0 Å².